The van der Waals surface area contributed by atoms with Gasteiger partial charge in [0.25, 0.3) is 0 Å². The molecule has 0 aliphatic carbocycles. The van der Waals surface area contributed by atoms with Gasteiger partial charge >= 0.3 is 41.0 Å². The second-order valence-corrected chi connectivity index (χ2v) is 0.771. The Labute approximate surface area is 58.0 Å². The predicted octanol–water partition coefficient (Wildman–Crippen LogP) is -0.213. The van der Waals surface area contributed by atoms with Crippen molar-refractivity contribution in [3.05, 3.63) is 0 Å². The third-order valence-electron chi connectivity index (χ3n) is 0.0495. The van der Waals surface area contributed by atoms with E-state index in [1.807, 2.05) is 0 Å². The Morgan fingerprint density at radius 1 is 1.67 bits per heavy atom. The van der Waals surface area contributed by atoms with Crippen LogP contribution in [0.4, 0.5) is 8.41 Å². The molecule has 0 spiro atoms. The van der Waals surface area contributed by atoms with Crippen LogP contribution in [-0.2, 0) is 15.9 Å². The molecule has 0 heterocycles. The van der Waals surface area contributed by atoms with Crippen molar-refractivity contribution < 1.29 is 17.0 Å². The SMILES string of the molecule is O=S(F)OF.[NaH]. The molecule has 0 N–H and O–H groups in total. The summed E-state index contributed by atoms with van der Waals surface area (Å²) in [4.78, 5) is 0. The molecule has 0 radical (unpaired) electrons. The Balaban J connectivity index is 0. The van der Waals surface area contributed by atoms with Crippen LogP contribution >= 0.6 is 0 Å². The standard InChI is InChI=1S/F2O2S.Na.H/c1-4-5(2)3;;. The van der Waals surface area contributed by atoms with E-state index in [0.717, 1.165) is 0 Å². The van der Waals surface area contributed by atoms with Gasteiger partial charge in [0.1, 0.15) is 0 Å². The molecule has 0 aliphatic heterocycles. The van der Waals surface area contributed by atoms with Gasteiger partial charge in [-0.1, -0.05) is 4.39 Å². The van der Waals surface area contributed by atoms with E-state index in [0.29, 0.717) is 0 Å². The zero-order valence-corrected chi connectivity index (χ0v) is 2.80. The first-order valence-electron chi connectivity index (χ1n) is 0.642. The summed E-state index contributed by atoms with van der Waals surface area (Å²) >= 11 is -3.24. The van der Waals surface area contributed by atoms with Crippen LogP contribution in [0.15, 0.2) is 0 Å². The fourth-order valence-electron chi connectivity index (χ4n) is 0. The minimum atomic E-state index is -3.24. The Kier molecular flexibility index (Phi) is 10.0. The summed E-state index contributed by atoms with van der Waals surface area (Å²) in [6.07, 6.45) is 0. The molecule has 0 aromatic rings. The molecule has 0 rings (SSSR count). The average molecular weight is 126 g/mol. The van der Waals surface area contributed by atoms with E-state index in [4.69, 9.17) is 4.21 Å². The number of hydrogen-bond donors (Lipinski definition) is 0. The zero-order valence-electron chi connectivity index (χ0n) is 1.98. The van der Waals surface area contributed by atoms with Crippen molar-refractivity contribution >= 4 is 41.0 Å². The quantitative estimate of drug-likeness (QED) is 0.359. The molecule has 34 valence electrons. The Hall–Kier alpha value is 0.970. The third kappa shape index (κ3) is 8.88. The molecule has 1 unspecified atom stereocenters. The van der Waals surface area contributed by atoms with Gasteiger partial charge in [0, 0.05) is 0 Å². The summed E-state index contributed by atoms with van der Waals surface area (Å²) in [5.74, 6) is 0. The van der Waals surface area contributed by atoms with Crippen molar-refractivity contribution in [2.24, 2.45) is 0 Å². The van der Waals surface area contributed by atoms with Gasteiger partial charge < -0.3 is 0 Å². The molecule has 1 atom stereocenters. The Bertz CT molecular complexity index is 46.8. The first kappa shape index (κ1) is 10.1. The first-order chi connectivity index (χ1) is 2.27. The minimum absolute atomic E-state index is 0. The van der Waals surface area contributed by atoms with Crippen LogP contribution in [0.3, 0.4) is 0 Å². The van der Waals surface area contributed by atoms with Gasteiger partial charge in [-0.2, -0.15) is 4.21 Å². The topological polar surface area (TPSA) is 26.3 Å². The summed E-state index contributed by atoms with van der Waals surface area (Å²) in [6, 6.07) is 0. The molecule has 0 aromatic heterocycles. The van der Waals surface area contributed by atoms with Crippen molar-refractivity contribution in [3.8, 4) is 0 Å². The van der Waals surface area contributed by atoms with Crippen molar-refractivity contribution in [2.45, 2.75) is 0 Å². The molecule has 0 saturated carbocycles. The van der Waals surface area contributed by atoms with Gasteiger partial charge in [-0.3, -0.25) is 0 Å². The van der Waals surface area contributed by atoms with Crippen molar-refractivity contribution in [2.75, 3.05) is 0 Å². The summed E-state index contributed by atoms with van der Waals surface area (Å²) in [6.45, 7) is 0. The second-order valence-electron chi connectivity index (χ2n) is 0.257. The molecule has 0 bridgehead atoms. The maximum absolute atomic E-state index is 10.3. The Morgan fingerprint density at radius 3 is 1.83 bits per heavy atom. The molecular formula is HF2NaO2S. The van der Waals surface area contributed by atoms with Gasteiger partial charge in [0.15, 0.2) is 0 Å². The van der Waals surface area contributed by atoms with E-state index in [1.54, 1.807) is 0 Å². The first-order valence-corrected chi connectivity index (χ1v) is 1.62. The molecule has 0 aliphatic rings. The molecule has 2 nitrogen and oxygen atoms in total. The Morgan fingerprint density at radius 2 is 1.83 bits per heavy atom. The summed E-state index contributed by atoms with van der Waals surface area (Å²) in [5.41, 5.74) is 0. The van der Waals surface area contributed by atoms with Crippen molar-refractivity contribution in [1.29, 1.82) is 0 Å². The summed E-state index contributed by atoms with van der Waals surface area (Å²) < 4.78 is 31.0. The fourth-order valence-corrected chi connectivity index (χ4v) is 0. The van der Waals surface area contributed by atoms with Gasteiger partial charge in [0.2, 0.25) is 0 Å². The molecule has 6 heteroatoms. The molecular weight excluding hydrogens is 125 g/mol. The van der Waals surface area contributed by atoms with Gasteiger partial charge in [-0.25, -0.2) is 0 Å². The number of rotatable bonds is 1. The van der Waals surface area contributed by atoms with E-state index in [9.17, 15) is 8.41 Å². The van der Waals surface area contributed by atoms with Crippen LogP contribution in [0, 0.1) is 0 Å². The van der Waals surface area contributed by atoms with Crippen LogP contribution in [0.5, 0.6) is 0 Å². The van der Waals surface area contributed by atoms with Crippen LogP contribution in [0.1, 0.15) is 0 Å². The molecule has 0 fully saturated rings. The predicted molar refractivity (Wildman–Crippen MR) is 18.6 cm³/mol. The van der Waals surface area contributed by atoms with E-state index in [1.165, 1.54) is 0 Å². The van der Waals surface area contributed by atoms with Gasteiger partial charge in [0.05, 0.1) is 0 Å². The molecule has 0 aromatic carbocycles. The monoisotopic (exact) mass is 126 g/mol. The van der Waals surface area contributed by atoms with Crippen LogP contribution in [0.2, 0.25) is 0 Å². The van der Waals surface area contributed by atoms with E-state index in [2.05, 4.69) is 4.39 Å². The number of halogens is 2. The van der Waals surface area contributed by atoms with Crippen LogP contribution in [0.25, 0.3) is 0 Å². The number of hydrogen-bond acceptors (Lipinski definition) is 2. The summed E-state index contributed by atoms with van der Waals surface area (Å²) in [7, 11) is 0. The molecule has 0 amide bonds. The van der Waals surface area contributed by atoms with Gasteiger partial charge in [-0.05, 0) is 4.53 Å². The fraction of sp³-hybridized carbons (Fsp3) is 0. The molecule has 0 saturated heterocycles. The van der Waals surface area contributed by atoms with Crippen molar-refractivity contribution in [1.82, 2.24) is 0 Å². The third-order valence-corrected chi connectivity index (χ3v) is 0.149. The normalized spacial score (nSPS) is 12.3. The molecule has 6 heavy (non-hydrogen) atoms. The van der Waals surface area contributed by atoms with Crippen LogP contribution < -0.4 is 0 Å². The summed E-state index contributed by atoms with van der Waals surface area (Å²) in [5, 5.41) is 0. The van der Waals surface area contributed by atoms with E-state index in [-0.39, 0.29) is 29.6 Å². The average Bonchev–Trinajstić information content (AvgIpc) is 1.38. The zero-order chi connectivity index (χ0) is 4.28. The maximum atomic E-state index is 10.3. The van der Waals surface area contributed by atoms with E-state index < -0.39 is 11.5 Å². The van der Waals surface area contributed by atoms with Crippen LogP contribution in [-0.4, -0.2) is 33.8 Å². The van der Waals surface area contributed by atoms with E-state index >= 15 is 0 Å². The second kappa shape index (κ2) is 5.97. The van der Waals surface area contributed by atoms with Crippen molar-refractivity contribution in [3.63, 3.8) is 0 Å². The van der Waals surface area contributed by atoms with Gasteiger partial charge in [-0.15, -0.1) is 3.89 Å².